The SMILES string of the molecule is CCC1CCCN(C2COc3cc(O)ccc32)CC1. The zero-order valence-electron chi connectivity index (χ0n) is 11.6. The van der Waals surface area contributed by atoms with Crippen LogP contribution in [0.5, 0.6) is 11.5 Å². The van der Waals surface area contributed by atoms with Gasteiger partial charge >= 0.3 is 0 Å². The standard InChI is InChI=1S/C16H23NO2/c1-2-12-4-3-8-17(9-7-12)15-11-19-16-10-13(18)5-6-14(15)16/h5-6,10,12,15,18H,2-4,7-9,11H2,1H3. The summed E-state index contributed by atoms with van der Waals surface area (Å²) in [7, 11) is 0. The number of fused-ring (bicyclic) bond motifs is 1. The van der Waals surface area contributed by atoms with Gasteiger partial charge in [-0.15, -0.1) is 0 Å². The highest BCUT2D eigenvalue weighted by molar-refractivity contribution is 5.44. The number of ether oxygens (including phenoxy) is 1. The summed E-state index contributed by atoms with van der Waals surface area (Å²) >= 11 is 0. The number of phenolic OH excluding ortho intramolecular Hbond substituents is 1. The Bertz CT molecular complexity index is 446. The van der Waals surface area contributed by atoms with E-state index in [9.17, 15) is 5.11 Å². The van der Waals surface area contributed by atoms with Crippen molar-refractivity contribution < 1.29 is 9.84 Å². The van der Waals surface area contributed by atoms with Gasteiger partial charge < -0.3 is 9.84 Å². The van der Waals surface area contributed by atoms with Gasteiger partial charge in [0.25, 0.3) is 0 Å². The number of likely N-dealkylation sites (tertiary alicyclic amines) is 1. The third kappa shape index (κ3) is 2.57. The fourth-order valence-corrected chi connectivity index (χ4v) is 3.39. The molecule has 2 atom stereocenters. The molecule has 0 bridgehead atoms. The van der Waals surface area contributed by atoms with Crippen molar-refractivity contribution in [3.8, 4) is 11.5 Å². The molecular weight excluding hydrogens is 238 g/mol. The number of nitrogens with zero attached hydrogens (tertiary/aromatic N) is 1. The Balaban J connectivity index is 1.74. The Morgan fingerprint density at radius 3 is 3.05 bits per heavy atom. The van der Waals surface area contributed by atoms with E-state index in [2.05, 4.69) is 11.8 Å². The summed E-state index contributed by atoms with van der Waals surface area (Å²) in [5.74, 6) is 2.05. The summed E-state index contributed by atoms with van der Waals surface area (Å²) in [6, 6.07) is 5.91. The van der Waals surface area contributed by atoms with Gasteiger partial charge in [0.05, 0.1) is 6.04 Å². The largest absolute Gasteiger partial charge is 0.508 e. The fraction of sp³-hybridized carbons (Fsp3) is 0.625. The van der Waals surface area contributed by atoms with E-state index < -0.39 is 0 Å². The first kappa shape index (κ1) is 12.8. The molecule has 1 N–H and O–H groups in total. The van der Waals surface area contributed by atoms with Crippen LogP contribution in [0.1, 0.15) is 44.2 Å². The molecule has 0 amide bonds. The van der Waals surface area contributed by atoms with Gasteiger partial charge in [-0.05, 0) is 50.4 Å². The van der Waals surface area contributed by atoms with Crippen molar-refractivity contribution in [2.24, 2.45) is 5.92 Å². The van der Waals surface area contributed by atoms with Crippen LogP contribution in [0.3, 0.4) is 0 Å². The number of benzene rings is 1. The van der Waals surface area contributed by atoms with Crippen molar-refractivity contribution in [2.75, 3.05) is 19.7 Å². The molecule has 1 aromatic carbocycles. The molecule has 0 radical (unpaired) electrons. The zero-order valence-corrected chi connectivity index (χ0v) is 11.6. The van der Waals surface area contributed by atoms with Crippen LogP contribution in [0.4, 0.5) is 0 Å². The summed E-state index contributed by atoms with van der Waals surface area (Å²) in [6.45, 7) is 5.38. The van der Waals surface area contributed by atoms with Crippen molar-refractivity contribution in [2.45, 2.75) is 38.6 Å². The second kappa shape index (κ2) is 5.41. The minimum atomic E-state index is 0.293. The molecule has 2 heterocycles. The second-order valence-electron chi connectivity index (χ2n) is 5.79. The molecule has 2 aliphatic rings. The first-order chi connectivity index (χ1) is 9.28. The highest BCUT2D eigenvalue weighted by Gasteiger charge is 2.30. The summed E-state index contributed by atoms with van der Waals surface area (Å²) in [5, 5.41) is 9.51. The number of rotatable bonds is 2. The smallest absolute Gasteiger partial charge is 0.127 e. The van der Waals surface area contributed by atoms with Crippen LogP contribution in [0.15, 0.2) is 18.2 Å². The van der Waals surface area contributed by atoms with E-state index in [0.717, 1.165) is 18.3 Å². The first-order valence-electron chi connectivity index (χ1n) is 7.47. The van der Waals surface area contributed by atoms with Crippen LogP contribution < -0.4 is 4.74 Å². The Morgan fingerprint density at radius 2 is 2.21 bits per heavy atom. The molecule has 2 aliphatic heterocycles. The van der Waals surface area contributed by atoms with Crippen molar-refractivity contribution >= 4 is 0 Å². The lowest BCUT2D eigenvalue weighted by Gasteiger charge is -2.26. The highest BCUT2D eigenvalue weighted by Crippen LogP contribution is 2.39. The summed E-state index contributed by atoms with van der Waals surface area (Å²) in [5.41, 5.74) is 1.24. The summed E-state index contributed by atoms with van der Waals surface area (Å²) in [6.07, 6.45) is 5.27. The van der Waals surface area contributed by atoms with Gasteiger partial charge in [0, 0.05) is 11.6 Å². The molecule has 0 aliphatic carbocycles. The number of hydrogen-bond acceptors (Lipinski definition) is 3. The molecule has 1 fully saturated rings. The lowest BCUT2D eigenvalue weighted by atomic mass is 9.98. The van der Waals surface area contributed by atoms with Crippen molar-refractivity contribution in [1.29, 1.82) is 0 Å². The lowest BCUT2D eigenvalue weighted by Crippen LogP contribution is -2.30. The summed E-state index contributed by atoms with van der Waals surface area (Å²) < 4.78 is 5.74. The average Bonchev–Trinajstić information content (AvgIpc) is 2.68. The zero-order chi connectivity index (χ0) is 13.2. The Kier molecular flexibility index (Phi) is 3.65. The number of phenols is 1. The lowest BCUT2D eigenvalue weighted by molar-refractivity contribution is 0.166. The van der Waals surface area contributed by atoms with Crippen LogP contribution in [-0.2, 0) is 0 Å². The topological polar surface area (TPSA) is 32.7 Å². The van der Waals surface area contributed by atoms with Gasteiger partial charge in [0.1, 0.15) is 18.1 Å². The van der Waals surface area contributed by atoms with Gasteiger partial charge in [-0.1, -0.05) is 13.3 Å². The molecule has 2 unspecified atom stereocenters. The number of aromatic hydroxyl groups is 1. The fourth-order valence-electron chi connectivity index (χ4n) is 3.39. The van der Waals surface area contributed by atoms with E-state index in [1.807, 2.05) is 6.07 Å². The maximum absolute atomic E-state index is 9.51. The van der Waals surface area contributed by atoms with E-state index in [4.69, 9.17) is 4.74 Å². The molecule has 3 rings (SSSR count). The molecule has 0 saturated carbocycles. The quantitative estimate of drug-likeness (QED) is 0.886. The second-order valence-corrected chi connectivity index (χ2v) is 5.79. The molecule has 3 nitrogen and oxygen atoms in total. The van der Waals surface area contributed by atoms with Crippen molar-refractivity contribution in [1.82, 2.24) is 4.90 Å². The molecule has 19 heavy (non-hydrogen) atoms. The van der Waals surface area contributed by atoms with Gasteiger partial charge in [-0.3, -0.25) is 4.90 Å². The van der Waals surface area contributed by atoms with Gasteiger partial charge in [0.15, 0.2) is 0 Å². The third-order valence-electron chi connectivity index (χ3n) is 4.65. The van der Waals surface area contributed by atoms with E-state index in [0.29, 0.717) is 11.8 Å². The Hall–Kier alpha value is -1.22. The van der Waals surface area contributed by atoms with E-state index in [1.165, 1.54) is 44.3 Å². The van der Waals surface area contributed by atoms with Crippen LogP contribution >= 0.6 is 0 Å². The molecule has 1 aromatic rings. The minimum absolute atomic E-state index is 0.293. The van der Waals surface area contributed by atoms with E-state index >= 15 is 0 Å². The normalized spacial score (nSPS) is 27.6. The monoisotopic (exact) mass is 261 g/mol. The van der Waals surface area contributed by atoms with Gasteiger partial charge in [0.2, 0.25) is 0 Å². The highest BCUT2D eigenvalue weighted by atomic mass is 16.5. The maximum Gasteiger partial charge on any atom is 0.127 e. The Morgan fingerprint density at radius 1 is 1.32 bits per heavy atom. The maximum atomic E-state index is 9.51. The molecule has 0 spiro atoms. The minimum Gasteiger partial charge on any atom is -0.508 e. The first-order valence-corrected chi connectivity index (χ1v) is 7.47. The van der Waals surface area contributed by atoms with E-state index in [-0.39, 0.29) is 0 Å². The average molecular weight is 261 g/mol. The van der Waals surface area contributed by atoms with Gasteiger partial charge in [-0.2, -0.15) is 0 Å². The molecule has 1 saturated heterocycles. The van der Waals surface area contributed by atoms with Gasteiger partial charge in [-0.25, -0.2) is 0 Å². The van der Waals surface area contributed by atoms with Crippen LogP contribution in [0, 0.1) is 5.92 Å². The molecular formula is C16H23NO2. The van der Waals surface area contributed by atoms with Crippen LogP contribution in [0.25, 0.3) is 0 Å². The molecule has 0 aromatic heterocycles. The van der Waals surface area contributed by atoms with Crippen molar-refractivity contribution in [3.63, 3.8) is 0 Å². The molecule has 3 heteroatoms. The predicted molar refractivity (Wildman–Crippen MR) is 75.5 cm³/mol. The van der Waals surface area contributed by atoms with Crippen LogP contribution in [-0.4, -0.2) is 29.7 Å². The molecule has 104 valence electrons. The van der Waals surface area contributed by atoms with Crippen LogP contribution in [0.2, 0.25) is 0 Å². The van der Waals surface area contributed by atoms with Crippen molar-refractivity contribution in [3.05, 3.63) is 23.8 Å². The predicted octanol–water partition coefficient (Wildman–Crippen LogP) is 3.34. The van der Waals surface area contributed by atoms with E-state index in [1.54, 1.807) is 12.1 Å². The third-order valence-corrected chi connectivity index (χ3v) is 4.65. The Labute approximate surface area is 115 Å². The summed E-state index contributed by atoms with van der Waals surface area (Å²) in [4.78, 5) is 2.57. The number of hydrogen-bond donors (Lipinski definition) is 1.